The summed E-state index contributed by atoms with van der Waals surface area (Å²) >= 11 is 1.42. The van der Waals surface area contributed by atoms with Gasteiger partial charge >= 0.3 is 0 Å². The predicted octanol–water partition coefficient (Wildman–Crippen LogP) is 3.33. The van der Waals surface area contributed by atoms with Crippen LogP contribution >= 0.6 is 11.3 Å². The van der Waals surface area contributed by atoms with Crippen molar-refractivity contribution < 1.29 is 4.79 Å². The van der Waals surface area contributed by atoms with E-state index in [-0.39, 0.29) is 11.9 Å². The lowest BCUT2D eigenvalue weighted by molar-refractivity contribution is 0.0941. The number of benzene rings is 2. The molecule has 1 unspecified atom stereocenters. The number of nitrogens with one attached hydrogen (secondary N) is 1. The van der Waals surface area contributed by atoms with Crippen molar-refractivity contribution in [2.75, 3.05) is 20.6 Å². The molecule has 1 amide bonds. The average molecular weight is 325 g/mol. The van der Waals surface area contributed by atoms with E-state index in [9.17, 15) is 4.79 Å². The van der Waals surface area contributed by atoms with E-state index in [2.05, 4.69) is 27.3 Å². The molecule has 3 aromatic rings. The van der Waals surface area contributed by atoms with Crippen molar-refractivity contribution in [1.29, 1.82) is 0 Å². The second-order valence-corrected chi connectivity index (χ2v) is 6.62. The summed E-state index contributed by atoms with van der Waals surface area (Å²) in [6.45, 7) is 0.547. The number of carbonyl (C=O) groups is 1. The SMILES string of the molecule is CN(C)C(CNC(=O)c1nc2ccccc2s1)c1ccccc1. The van der Waals surface area contributed by atoms with Crippen LogP contribution in [0.4, 0.5) is 0 Å². The number of rotatable bonds is 5. The number of aromatic nitrogens is 1. The highest BCUT2D eigenvalue weighted by atomic mass is 32.1. The smallest absolute Gasteiger partial charge is 0.280 e. The molecule has 0 fully saturated rings. The van der Waals surface area contributed by atoms with Gasteiger partial charge in [-0.3, -0.25) is 4.79 Å². The van der Waals surface area contributed by atoms with Gasteiger partial charge in [0.25, 0.3) is 5.91 Å². The highest BCUT2D eigenvalue weighted by Crippen LogP contribution is 2.22. The van der Waals surface area contributed by atoms with Gasteiger partial charge in [0.05, 0.1) is 16.3 Å². The van der Waals surface area contributed by atoms with E-state index < -0.39 is 0 Å². The predicted molar refractivity (Wildman–Crippen MR) is 94.8 cm³/mol. The van der Waals surface area contributed by atoms with Crippen molar-refractivity contribution >= 4 is 27.5 Å². The Morgan fingerprint density at radius 1 is 1.13 bits per heavy atom. The van der Waals surface area contributed by atoms with E-state index in [1.165, 1.54) is 16.9 Å². The molecular weight excluding hydrogens is 306 g/mol. The number of nitrogens with zero attached hydrogens (tertiary/aromatic N) is 2. The highest BCUT2D eigenvalue weighted by Gasteiger charge is 2.17. The van der Waals surface area contributed by atoms with Crippen LogP contribution in [0.15, 0.2) is 54.6 Å². The quantitative estimate of drug-likeness (QED) is 0.782. The number of hydrogen-bond donors (Lipinski definition) is 1. The van der Waals surface area contributed by atoms with Gasteiger partial charge in [-0.15, -0.1) is 11.3 Å². The molecule has 3 rings (SSSR count). The van der Waals surface area contributed by atoms with Crippen molar-refractivity contribution in [1.82, 2.24) is 15.2 Å². The monoisotopic (exact) mass is 325 g/mol. The van der Waals surface area contributed by atoms with Gasteiger partial charge in [0.2, 0.25) is 0 Å². The fourth-order valence-corrected chi connectivity index (χ4v) is 3.39. The summed E-state index contributed by atoms with van der Waals surface area (Å²) in [4.78, 5) is 18.9. The van der Waals surface area contributed by atoms with Gasteiger partial charge in [-0.2, -0.15) is 0 Å². The molecule has 5 heteroatoms. The first kappa shape index (κ1) is 15.6. The molecule has 2 aromatic carbocycles. The van der Waals surface area contributed by atoms with Crippen LogP contribution in [0.5, 0.6) is 0 Å². The maximum absolute atomic E-state index is 12.4. The van der Waals surface area contributed by atoms with Crippen LogP contribution in [0, 0.1) is 0 Å². The molecule has 1 heterocycles. The summed E-state index contributed by atoms with van der Waals surface area (Å²) in [5.74, 6) is -0.117. The zero-order chi connectivity index (χ0) is 16.2. The molecule has 23 heavy (non-hydrogen) atoms. The lowest BCUT2D eigenvalue weighted by atomic mass is 10.1. The maximum atomic E-state index is 12.4. The van der Waals surface area contributed by atoms with Gasteiger partial charge in [-0.1, -0.05) is 42.5 Å². The molecule has 118 valence electrons. The largest absolute Gasteiger partial charge is 0.348 e. The number of para-hydroxylation sites is 1. The van der Waals surface area contributed by atoms with Gasteiger partial charge < -0.3 is 10.2 Å². The Morgan fingerprint density at radius 2 is 1.83 bits per heavy atom. The molecule has 0 saturated carbocycles. The Labute approximate surface area is 139 Å². The molecule has 0 aliphatic carbocycles. The lowest BCUT2D eigenvalue weighted by Gasteiger charge is -2.24. The fraction of sp³-hybridized carbons (Fsp3) is 0.222. The first-order valence-electron chi connectivity index (χ1n) is 7.50. The van der Waals surface area contributed by atoms with Crippen molar-refractivity contribution in [3.63, 3.8) is 0 Å². The average Bonchev–Trinajstić information content (AvgIpc) is 2.99. The number of amides is 1. The van der Waals surface area contributed by atoms with E-state index in [1.54, 1.807) is 0 Å². The molecule has 0 saturated heterocycles. The van der Waals surface area contributed by atoms with Crippen LogP contribution < -0.4 is 5.32 Å². The second kappa shape index (κ2) is 6.89. The molecule has 1 N–H and O–H groups in total. The fourth-order valence-electron chi connectivity index (χ4n) is 2.51. The summed E-state index contributed by atoms with van der Waals surface area (Å²) in [5.41, 5.74) is 2.05. The minimum Gasteiger partial charge on any atom is -0.348 e. The van der Waals surface area contributed by atoms with E-state index >= 15 is 0 Å². The number of thiazole rings is 1. The van der Waals surface area contributed by atoms with Gasteiger partial charge in [0.15, 0.2) is 5.01 Å². The second-order valence-electron chi connectivity index (χ2n) is 5.59. The third-order valence-electron chi connectivity index (χ3n) is 3.75. The van der Waals surface area contributed by atoms with Gasteiger partial charge in [-0.25, -0.2) is 4.98 Å². The van der Waals surface area contributed by atoms with Crippen molar-refractivity contribution in [2.45, 2.75) is 6.04 Å². The number of carbonyl (C=O) groups excluding carboxylic acids is 1. The Hall–Kier alpha value is -2.24. The lowest BCUT2D eigenvalue weighted by Crippen LogP contribution is -2.34. The first-order chi connectivity index (χ1) is 11.1. The number of hydrogen-bond acceptors (Lipinski definition) is 4. The molecule has 1 atom stereocenters. The summed E-state index contributed by atoms with van der Waals surface area (Å²) in [5, 5.41) is 3.52. The Balaban J connectivity index is 1.71. The van der Waals surface area contributed by atoms with Gasteiger partial charge in [0, 0.05) is 6.54 Å². The zero-order valence-electron chi connectivity index (χ0n) is 13.2. The maximum Gasteiger partial charge on any atom is 0.280 e. The molecule has 0 radical (unpaired) electrons. The third-order valence-corrected chi connectivity index (χ3v) is 4.79. The molecule has 0 bridgehead atoms. The van der Waals surface area contributed by atoms with E-state index in [0.29, 0.717) is 11.6 Å². The molecule has 0 spiro atoms. The molecule has 1 aromatic heterocycles. The summed E-state index contributed by atoms with van der Waals surface area (Å²) < 4.78 is 1.03. The summed E-state index contributed by atoms with van der Waals surface area (Å²) in [6.07, 6.45) is 0. The Morgan fingerprint density at radius 3 is 2.52 bits per heavy atom. The molecule has 0 aliphatic rings. The minimum absolute atomic E-state index is 0.117. The van der Waals surface area contributed by atoms with Gasteiger partial charge in [-0.05, 0) is 31.8 Å². The standard InChI is InChI=1S/C18H19N3OS/c1-21(2)15(13-8-4-3-5-9-13)12-19-17(22)18-20-14-10-6-7-11-16(14)23-18/h3-11,15H,12H2,1-2H3,(H,19,22). The van der Waals surface area contributed by atoms with Crippen LogP contribution in [0.1, 0.15) is 21.4 Å². The number of fused-ring (bicyclic) bond motifs is 1. The Bertz CT molecular complexity index is 765. The molecule has 0 aliphatic heterocycles. The van der Waals surface area contributed by atoms with Crippen LogP contribution in [-0.4, -0.2) is 36.4 Å². The van der Waals surface area contributed by atoms with E-state index in [1.807, 2.05) is 56.6 Å². The minimum atomic E-state index is -0.117. The van der Waals surface area contributed by atoms with Crippen molar-refractivity contribution in [3.05, 3.63) is 65.2 Å². The van der Waals surface area contributed by atoms with Crippen LogP contribution in [0.25, 0.3) is 10.2 Å². The number of likely N-dealkylation sites (N-methyl/N-ethyl adjacent to an activating group) is 1. The van der Waals surface area contributed by atoms with Gasteiger partial charge in [0.1, 0.15) is 0 Å². The topological polar surface area (TPSA) is 45.2 Å². The van der Waals surface area contributed by atoms with E-state index in [0.717, 1.165) is 10.2 Å². The molecular formula is C18H19N3OS. The van der Waals surface area contributed by atoms with E-state index in [4.69, 9.17) is 0 Å². The van der Waals surface area contributed by atoms with Crippen LogP contribution in [0.2, 0.25) is 0 Å². The zero-order valence-corrected chi connectivity index (χ0v) is 14.0. The van der Waals surface area contributed by atoms with Crippen LogP contribution in [-0.2, 0) is 0 Å². The molecule has 4 nitrogen and oxygen atoms in total. The van der Waals surface area contributed by atoms with Crippen LogP contribution in [0.3, 0.4) is 0 Å². The summed E-state index contributed by atoms with van der Waals surface area (Å²) in [7, 11) is 4.03. The van der Waals surface area contributed by atoms with Crippen molar-refractivity contribution in [2.24, 2.45) is 0 Å². The van der Waals surface area contributed by atoms with Crippen molar-refractivity contribution in [3.8, 4) is 0 Å². The normalized spacial score (nSPS) is 12.5. The first-order valence-corrected chi connectivity index (χ1v) is 8.32. The Kier molecular flexibility index (Phi) is 4.69. The highest BCUT2D eigenvalue weighted by molar-refractivity contribution is 7.20. The third kappa shape index (κ3) is 3.57. The summed E-state index contributed by atoms with van der Waals surface area (Å²) in [6, 6.07) is 18.1.